The Morgan fingerprint density at radius 3 is 2.29 bits per heavy atom. The number of aromatic nitrogens is 4. The predicted molar refractivity (Wildman–Crippen MR) is 103 cm³/mol. The largest absolute Gasteiger partial charge is 0.402 e. The Bertz CT molecular complexity index is 640. The Morgan fingerprint density at radius 2 is 1.83 bits per heavy atom. The molecule has 0 fully saturated rings. The third kappa shape index (κ3) is 8.70. The highest BCUT2D eigenvalue weighted by atomic mass is 35.5. The van der Waals surface area contributed by atoms with Gasteiger partial charge in [0, 0.05) is 21.8 Å². The van der Waals surface area contributed by atoms with Crippen LogP contribution in [0.3, 0.4) is 0 Å². The van der Waals surface area contributed by atoms with E-state index >= 15 is 0 Å². The van der Waals surface area contributed by atoms with Crippen LogP contribution >= 0.6 is 23.2 Å². The van der Waals surface area contributed by atoms with Crippen LogP contribution in [0, 0.1) is 0 Å². The molecule has 0 aromatic carbocycles. The molecule has 1 rings (SSSR count). The van der Waals surface area contributed by atoms with E-state index in [9.17, 15) is 0 Å². The predicted octanol–water partition coefficient (Wildman–Crippen LogP) is 4.79. The van der Waals surface area contributed by atoms with Crippen molar-refractivity contribution in [2.24, 2.45) is 5.73 Å². The molecule has 24 heavy (non-hydrogen) atoms. The van der Waals surface area contributed by atoms with E-state index < -0.39 is 0 Å². The summed E-state index contributed by atoms with van der Waals surface area (Å²) >= 11 is 11.6. The Hall–Kier alpha value is -1.85. The van der Waals surface area contributed by atoms with Crippen LogP contribution in [0.25, 0.3) is 5.57 Å². The van der Waals surface area contributed by atoms with E-state index in [-0.39, 0.29) is 0 Å². The highest BCUT2D eigenvalue weighted by Gasteiger charge is 2.10. The first-order chi connectivity index (χ1) is 11.4. The second-order valence-electron chi connectivity index (χ2n) is 4.97. The van der Waals surface area contributed by atoms with Gasteiger partial charge in [-0.15, -0.1) is 5.10 Å². The van der Waals surface area contributed by atoms with Crippen LogP contribution in [-0.4, -0.2) is 20.2 Å². The van der Waals surface area contributed by atoms with Gasteiger partial charge in [0.2, 0.25) is 0 Å². The van der Waals surface area contributed by atoms with Crippen molar-refractivity contribution in [3.8, 4) is 0 Å². The molecule has 0 saturated heterocycles. The lowest BCUT2D eigenvalue weighted by atomic mass is 10.2. The maximum Gasteiger partial charge on any atom is 0.183 e. The lowest BCUT2D eigenvalue weighted by Crippen LogP contribution is -2.09. The van der Waals surface area contributed by atoms with Crippen molar-refractivity contribution in [2.45, 2.75) is 41.2 Å². The second kappa shape index (κ2) is 12.6. The lowest BCUT2D eigenvalue weighted by molar-refractivity contribution is 0.631. The SMILES string of the molecule is C/C(N)=C(\C)Cn1nnnc1C(/C=C\C=C(/C)Cl)=C\Cl.C/C=C\C. The van der Waals surface area contributed by atoms with Crippen LogP contribution in [0.2, 0.25) is 0 Å². The van der Waals surface area contributed by atoms with Crippen LogP contribution < -0.4 is 5.73 Å². The summed E-state index contributed by atoms with van der Waals surface area (Å²) in [6.07, 6.45) is 9.33. The molecular formula is C17H25Cl2N5. The van der Waals surface area contributed by atoms with Crippen LogP contribution in [0.15, 0.2) is 52.2 Å². The molecule has 0 unspecified atom stereocenters. The van der Waals surface area contributed by atoms with E-state index in [1.807, 2.05) is 39.8 Å². The molecule has 7 heteroatoms. The van der Waals surface area contributed by atoms with Crippen molar-refractivity contribution in [1.82, 2.24) is 20.2 Å². The van der Waals surface area contributed by atoms with Crippen molar-refractivity contribution < 1.29 is 0 Å². The molecule has 0 saturated carbocycles. The summed E-state index contributed by atoms with van der Waals surface area (Å²) in [6.45, 7) is 10.1. The van der Waals surface area contributed by atoms with Gasteiger partial charge < -0.3 is 5.73 Å². The number of hydrogen-bond donors (Lipinski definition) is 1. The molecule has 0 amide bonds. The van der Waals surface area contributed by atoms with Gasteiger partial charge in [0.05, 0.1) is 6.54 Å². The zero-order valence-corrected chi connectivity index (χ0v) is 16.3. The minimum atomic E-state index is 0.511. The molecule has 0 bridgehead atoms. The molecule has 0 radical (unpaired) electrons. The Kier molecular flexibility index (Phi) is 11.6. The van der Waals surface area contributed by atoms with E-state index in [2.05, 4.69) is 15.5 Å². The van der Waals surface area contributed by atoms with Crippen LogP contribution in [-0.2, 0) is 6.54 Å². The summed E-state index contributed by atoms with van der Waals surface area (Å²) in [5, 5.41) is 12.3. The average molecular weight is 370 g/mol. The third-order valence-electron chi connectivity index (χ3n) is 2.90. The fraction of sp³-hybridized carbons (Fsp3) is 0.353. The molecule has 0 aliphatic rings. The highest BCUT2D eigenvalue weighted by Crippen LogP contribution is 2.15. The van der Waals surface area contributed by atoms with Crippen LogP contribution in [0.4, 0.5) is 0 Å². The summed E-state index contributed by atoms with van der Waals surface area (Å²) in [7, 11) is 0. The number of tetrazole rings is 1. The van der Waals surface area contributed by atoms with E-state index in [4.69, 9.17) is 28.9 Å². The third-order valence-corrected chi connectivity index (χ3v) is 3.26. The van der Waals surface area contributed by atoms with Gasteiger partial charge in [-0.05, 0) is 56.7 Å². The Morgan fingerprint density at radius 1 is 1.21 bits per heavy atom. The van der Waals surface area contributed by atoms with E-state index in [1.165, 1.54) is 5.54 Å². The summed E-state index contributed by atoms with van der Waals surface area (Å²) in [5.41, 5.74) is 9.60. The number of nitrogens with two attached hydrogens (primary N) is 1. The molecule has 5 nitrogen and oxygen atoms in total. The zero-order chi connectivity index (χ0) is 18.5. The summed E-state index contributed by atoms with van der Waals surface area (Å²) in [4.78, 5) is 0. The second-order valence-corrected chi connectivity index (χ2v) is 5.78. The number of allylic oxidation sites excluding steroid dienone is 9. The van der Waals surface area contributed by atoms with Gasteiger partial charge >= 0.3 is 0 Å². The number of halogens is 2. The van der Waals surface area contributed by atoms with Crippen LogP contribution in [0.5, 0.6) is 0 Å². The average Bonchev–Trinajstić information content (AvgIpc) is 2.99. The normalized spacial score (nSPS) is 14.0. The van der Waals surface area contributed by atoms with Gasteiger partial charge in [-0.3, -0.25) is 0 Å². The lowest BCUT2D eigenvalue weighted by Gasteiger charge is -2.06. The van der Waals surface area contributed by atoms with Gasteiger partial charge in [-0.1, -0.05) is 47.5 Å². The summed E-state index contributed by atoms with van der Waals surface area (Å²) in [6, 6.07) is 0. The maximum absolute atomic E-state index is 5.83. The van der Waals surface area contributed by atoms with E-state index in [0.717, 1.165) is 11.3 Å². The van der Waals surface area contributed by atoms with Gasteiger partial charge in [-0.2, -0.15) is 0 Å². The van der Waals surface area contributed by atoms with Crippen molar-refractivity contribution >= 4 is 28.8 Å². The number of rotatable bonds is 5. The fourth-order valence-electron chi connectivity index (χ4n) is 1.31. The number of hydrogen-bond acceptors (Lipinski definition) is 4. The quantitative estimate of drug-likeness (QED) is 0.598. The summed E-state index contributed by atoms with van der Waals surface area (Å²) < 4.78 is 1.64. The van der Waals surface area contributed by atoms with Gasteiger partial charge in [0.25, 0.3) is 0 Å². The van der Waals surface area contributed by atoms with Crippen molar-refractivity contribution in [1.29, 1.82) is 0 Å². The van der Waals surface area contributed by atoms with Gasteiger partial charge in [0.1, 0.15) is 0 Å². The molecule has 1 aromatic rings. The Balaban J connectivity index is 0.00000118. The molecule has 1 heterocycles. The molecule has 0 spiro atoms. The van der Waals surface area contributed by atoms with Crippen molar-refractivity contribution in [3.63, 3.8) is 0 Å². The van der Waals surface area contributed by atoms with E-state index in [1.54, 1.807) is 29.8 Å². The van der Waals surface area contributed by atoms with Crippen molar-refractivity contribution in [3.05, 3.63) is 58.0 Å². The molecule has 1 aromatic heterocycles. The molecule has 132 valence electrons. The first-order valence-corrected chi connectivity index (χ1v) is 8.25. The minimum Gasteiger partial charge on any atom is -0.402 e. The zero-order valence-electron chi connectivity index (χ0n) is 14.8. The molecular weight excluding hydrogens is 345 g/mol. The standard InChI is InChI=1S/C13H17Cl2N5.C4H8/c1-9(11(3)16)8-20-13(17-18-19-20)12(7-14)6-4-5-10(2)15;1-3-4-2/h4-7H,8,16H2,1-3H3;3-4H,1-2H3/b6-4-,10-5+,11-9-,12-7-;4-3-. The molecule has 0 atom stereocenters. The highest BCUT2D eigenvalue weighted by molar-refractivity contribution is 6.29. The van der Waals surface area contributed by atoms with Gasteiger partial charge in [0.15, 0.2) is 5.82 Å². The number of nitrogens with zero attached hydrogens (tertiary/aromatic N) is 4. The smallest absolute Gasteiger partial charge is 0.183 e. The molecule has 2 N–H and O–H groups in total. The van der Waals surface area contributed by atoms with E-state index in [0.29, 0.717) is 23.0 Å². The van der Waals surface area contributed by atoms with Crippen LogP contribution in [0.1, 0.15) is 40.4 Å². The topological polar surface area (TPSA) is 69.6 Å². The maximum atomic E-state index is 5.83. The monoisotopic (exact) mass is 369 g/mol. The summed E-state index contributed by atoms with van der Waals surface area (Å²) in [5.74, 6) is 0.567. The van der Waals surface area contributed by atoms with Gasteiger partial charge in [-0.25, -0.2) is 4.68 Å². The van der Waals surface area contributed by atoms with Crippen molar-refractivity contribution in [2.75, 3.05) is 0 Å². The minimum absolute atomic E-state index is 0.511. The first-order valence-electron chi connectivity index (χ1n) is 7.43. The Labute approximate surface area is 154 Å². The molecule has 0 aliphatic carbocycles. The fourth-order valence-corrected chi connectivity index (χ4v) is 1.55. The first kappa shape index (κ1) is 22.2. The molecule has 0 aliphatic heterocycles.